The maximum absolute atomic E-state index is 12.8. The van der Waals surface area contributed by atoms with Gasteiger partial charge >= 0.3 is 0 Å². The number of nitrogens with one attached hydrogen (secondary N) is 1. The summed E-state index contributed by atoms with van der Waals surface area (Å²) in [5, 5.41) is 2.94. The van der Waals surface area contributed by atoms with Gasteiger partial charge in [-0.25, -0.2) is 0 Å². The molecule has 2 aromatic carbocycles. The van der Waals surface area contributed by atoms with Gasteiger partial charge in [0.2, 0.25) is 5.91 Å². The third kappa shape index (κ3) is 4.88. The summed E-state index contributed by atoms with van der Waals surface area (Å²) in [4.78, 5) is 17.9. The van der Waals surface area contributed by atoms with Crippen LogP contribution in [-0.4, -0.2) is 36.8 Å². The van der Waals surface area contributed by atoms with Crippen LogP contribution in [0.3, 0.4) is 0 Å². The summed E-state index contributed by atoms with van der Waals surface area (Å²) in [6.45, 7) is 4.12. The molecular formula is C26H28N4O3S. The largest absolute Gasteiger partial charge is 0.496 e. The third-order valence-electron chi connectivity index (χ3n) is 5.98. The molecular weight excluding hydrogens is 448 g/mol. The quantitative estimate of drug-likeness (QED) is 0.470. The van der Waals surface area contributed by atoms with E-state index in [0.717, 1.165) is 50.4 Å². The van der Waals surface area contributed by atoms with Crippen LogP contribution in [0.5, 0.6) is 11.5 Å². The molecule has 0 spiro atoms. The minimum absolute atomic E-state index is 0.272. The Bertz CT molecular complexity index is 1280. The molecule has 0 saturated heterocycles. The highest BCUT2D eigenvalue weighted by atomic mass is 32.1. The Morgan fingerprint density at radius 1 is 1.15 bits per heavy atom. The number of hydrogen-bond donors (Lipinski definition) is 2. The van der Waals surface area contributed by atoms with Crippen molar-refractivity contribution in [3.05, 3.63) is 59.4 Å². The fourth-order valence-corrected chi connectivity index (χ4v) is 4.67. The van der Waals surface area contributed by atoms with Gasteiger partial charge in [-0.05, 0) is 77.8 Å². The molecule has 0 fully saturated rings. The van der Waals surface area contributed by atoms with Crippen molar-refractivity contribution in [2.24, 2.45) is 10.7 Å². The minimum atomic E-state index is -0.678. The highest BCUT2D eigenvalue weighted by molar-refractivity contribution is 7.10. The summed E-state index contributed by atoms with van der Waals surface area (Å²) >= 11 is 1.42. The average Bonchev–Trinajstić information content (AvgIpc) is 3.53. The lowest BCUT2D eigenvalue weighted by molar-refractivity contribution is -0.117. The van der Waals surface area contributed by atoms with Crippen molar-refractivity contribution in [2.45, 2.75) is 32.7 Å². The molecule has 0 aliphatic carbocycles. The molecule has 1 aliphatic heterocycles. The molecule has 0 unspecified atom stereocenters. The maximum Gasteiger partial charge on any atom is 0.241 e. The van der Waals surface area contributed by atoms with Crippen LogP contribution >= 0.6 is 11.5 Å². The van der Waals surface area contributed by atoms with Crippen molar-refractivity contribution in [3.8, 4) is 33.1 Å². The number of hydrogen-bond acceptors (Lipinski definition) is 7. The Morgan fingerprint density at radius 2 is 1.94 bits per heavy atom. The maximum atomic E-state index is 12.8. The Morgan fingerprint density at radius 3 is 2.65 bits per heavy atom. The number of aromatic nitrogens is 1. The van der Waals surface area contributed by atoms with Crippen LogP contribution in [0, 0.1) is 13.8 Å². The Balaban J connectivity index is 1.64. The molecule has 0 saturated carbocycles. The first kappa shape index (κ1) is 23.7. The van der Waals surface area contributed by atoms with Gasteiger partial charge < -0.3 is 20.5 Å². The lowest BCUT2D eigenvalue weighted by Gasteiger charge is -2.16. The number of aryl methyl sites for hydroxylation is 1. The number of ether oxygens (including phenoxy) is 2. The summed E-state index contributed by atoms with van der Waals surface area (Å²) < 4.78 is 15.5. The second kappa shape index (κ2) is 10.2. The normalized spacial score (nSPS) is 13.5. The molecule has 34 heavy (non-hydrogen) atoms. The van der Waals surface area contributed by atoms with Crippen molar-refractivity contribution in [2.75, 3.05) is 19.5 Å². The van der Waals surface area contributed by atoms with Crippen molar-refractivity contribution >= 4 is 29.3 Å². The topological polar surface area (TPSA) is 98.8 Å². The van der Waals surface area contributed by atoms with E-state index in [2.05, 4.69) is 27.7 Å². The number of aliphatic imine (C=N–C) groups is 1. The number of carbonyl (C=O) groups is 1. The van der Waals surface area contributed by atoms with E-state index in [9.17, 15) is 4.79 Å². The molecule has 3 aromatic rings. The van der Waals surface area contributed by atoms with Crippen LogP contribution in [0.4, 0.5) is 5.69 Å². The van der Waals surface area contributed by atoms with Crippen molar-refractivity contribution in [1.29, 1.82) is 0 Å². The fraction of sp³-hybridized carbons (Fsp3) is 0.269. The van der Waals surface area contributed by atoms with Gasteiger partial charge in [0.25, 0.3) is 0 Å². The number of nitrogens with two attached hydrogens (primary N) is 1. The monoisotopic (exact) mass is 476 g/mol. The molecule has 7 nitrogen and oxygen atoms in total. The Kier molecular flexibility index (Phi) is 7.09. The van der Waals surface area contributed by atoms with Crippen LogP contribution in [-0.2, 0) is 4.79 Å². The van der Waals surface area contributed by atoms with Gasteiger partial charge in [-0.15, -0.1) is 0 Å². The van der Waals surface area contributed by atoms with Crippen LogP contribution in [0.1, 0.15) is 24.0 Å². The molecule has 8 heteroatoms. The molecule has 0 bridgehead atoms. The Labute approximate surface area is 203 Å². The summed E-state index contributed by atoms with van der Waals surface area (Å²) in [5.74, 6) is 1.13. The van der Waals surface area contributed by atoms with Gasteiger partial charge in [0.15, 0.2) is 0 Å². The predicted molar refractivity (Wildman–Crippen MR) is 138 cm³/mol. The van der Waals surface area contributed by atoms with Crippen LogP contribution in [0.15, 0.2) is 53.3 Å². The summed E-state index contributed by atoms with van der Waals surface area (Å²) in [6.07, 6.45) is 6.61. The highest BCUT2D eigenvalue weighted by Gasteiger charge is 2.20. The zero-order valence-electron chi connectivity index (χ0n) is 19.7. The third-order valence-corrected chi connectivity index (χ3v) is 6.82. The van der Waals surface area contributed by atoms with Crippen LogP contribution in [0.2, 0.25) is 0 Å². The van der Waals surface area contributed by atoms with E-state index in [1.165, 1.54) is 11.5 Å². The summed E-state index contributed by atoms with van der Waals surface area (Å²) in [6, 6.07) is 9.19. The van der Waals surface area contributed by atoms with Gasteiger partial charge in [0.1, 0.15) is 11.5 Å². The van der Waals surface area contributed by atoms with E-state index < -0.39 is 6.04 Å². The molecule has 176 valence electrons. The zero-order valence-corrected chi connectivity index (χ0v) is 20.5. The van der Waals surface area contributed by atoms with E-state index in [1.54, 1.807) is 20.4 Å². The first-order valence-electron chi connectivity index (χ1n) is 11.0. The molecule has 0 radical (unpaired) electrons. The number of amides is 1. The average molecular weight is 477 g/mol. The van der Waals surface area contributed by atoms with Gasteiger partial charge in [-0.3, -0.25) is 9.79 Å². The van der Waals surface area contributed by atoms with E-state index in [4.69, 9.17) is 15.2 Å². The van der Waals surface area contributed by atoms with E-state index in [-0.39, 0.29) is 5.91 Å². The molecule has 2 heterocycles. The summed E-state index contributed by atoms with van der Waals surface area (Å²) in [7, 11) is 3.25. The lowest BCUT2D eigenvalue weighted by Crippen LogP contribution is -2.36. The Hall–Kier alpha value is -3.49. The van der Waals surface area contributed by atoms with Gasteiger partial charge in [-0.2, -0.15) is 4.37 Å². The number of benzene rings is 2. The SMILES string of the molecule is COc1ccc(-c2cnsc2-c2cc(C)c(C)c(OC)c2)cc1NC(=O)[C@@H](N)CC1=CN=CC1. The van der Waals surface area contributed by atoms with Crippen LogP contribution in [0.25, 0.3) is 21.6 Å². The standard InChI is InChI=1S/C26H28N4O3S/c1-15-9-19(12-24(33-4)16(15)2)25-20(14-29-34-25)18-5-6-23(32-3)22(11-18)30-26(31)21(27)10-17-7-8-28-13-17/h5-6,8-9,11-14,21H,7,10,27H2,1-4H3,(H,30,31)/t21-/m0/s1. The van der Waals surface area contributed by atoms with Crippen molar-refractivity contribution in [3.63, 3.8) is 0 Å². The molecule has 1 amide bonds. The first-order valence-corrected chi connectivity index (χ1v) is 11.7. The second-order valence-electron chi connectivity index (χ2n) is 8.23. The zero-order chi connectivity index (χ0) is 24.2. The lowest BCUT2D eigenvalue weighted by atomic mass is 9.99. The molecule has 1 aromatic heterocycles. The number of methoxy groups -OCH3 is 2. The van der Waals surface area contributed by atoms with Crippen LogP contribution < -0.4 is 20.5 Å². The van der Waals surface area contributed by atoms with E-state index in [1.807, 2.05) is 43.6 Å². The van der Waals surface area contributed by atoms with Crippen molar-refractivity contribution in [1.82, 2.24) is 4.37 Å². The first-order chi connectivity index (χ1) is 16.4. The van der Waals surface area contributed by atoms with Gasteiger partial charge in [0.05, 0.1) is 30.8 Å². The predicted octanol–water partition coefficient (Wildman–Crippen LogP) is 5.13. The van der Waals surface area contributed by atoms with Gasteiger partial charge in [-0.1, -0.05) is 12.1 Å². The molecule has 1 atom stereocenters. The highest BCUT2D eigenvalue weighted by Crippen LogP contribution is 2.40. The molecule has 3 N–H and O–H groups in total. The van der Waals surface area contributed by atoms with Crippen molar-refractivity contribution < 1.29 is 14.3 Å². The fourth-order valence-electron chi connectivity index (χ4n) is 3.91. The second-order valence-corrected chi connectivity index (χ2v) is 9.03. The summed E-state index contributed by atoms with van der Waals surface area (Å²) in [5.41, 5.74) is 12.9. The smallest absolute Gasteiger partial charge is 0.241 e. The molecule has 4 rings (SSSR count). The number of carbonyl (C=O) groups excluding carboxylic acids is 1. The van der Waals surface area contributed by atoms with E-state index >= 15 is 0 Å². The van der Waals surface area contributed by atoms with Gasteiger partial charge in [0, 0.05) is 30.6 Å². The number of nitrogens with zero attached hydrogens (tertiary/aromatic N) is 2. The van der Waals surface area contributed by atoms with E-state index in [0.29, 0.717) is 17.9 Å². The molecule has 1 aliphatic rings. The number of rotatable bonds is 8. The minimum Gasteiger partial charge on any atom is -0.496 e. The number of anilines is 1.